The second-order valence-electron chi connectivity index (χ2n) is 5.25. The molecule has 122 valence electrons. The molecule has 0 heterocycles. The van der Waals surface area contributed by atoms with Crippen LogP contribution in [0.15, 0.2) is 34.3 Å². The summed E-state index contributed by atoms with van der Waals surface area (Å²) in [7, 11) is 0. The maximum absolute atomic E-state index is 12.2. The average molecular weight is 345 g/mol. The van der Waals surface area contributed by atoms with Gasteiger partial charge in [-0.25, -0.2) is 0 Å². The molecule has 22 heavy (non-hydrogen) atoms. The summed E-state index contributed by atoms with van der Waals surface area (Å²) in [5, 5.41) is 7.54. The second kappa shape index (κ2) is 9.74. The van der Waals surface area contributed by atoms with Crippen LogP contribution in [0.4, 0.5) is 14.5 Å². The summed E-state index contributed by atoms with van der Waals surface area (Å²) in [5.41, 5.74) is 4.50. The monoisotopic (exact) mass is 345 g/mol. The van der Waals surface area contributed by atoms with Crippen molar-refractivity contribution in [3.05, 3.63) is 24.3 Å². The highest BCUT2D eigenvalue weighted by Gasteiger charge is 2.05. The molecule has 0 aliphatic carbocycles. The Morgan fingerprint density at radius 1 is 1.27 bits per heavy atom. The number of nitrogens with zero attached hydrogens (tertiary/aromatic N) is 1. The quantitative estimate of drug-likeness (QED) is 0.312. The normalized spacial score (nSPS) is 11.9. The minimum absolute atomic E-state index is 0.373. The zero-order chi connectivity index (χ0) is 16.5. The number of thiocarbonyl (C=S) groups is 1. The van der Waals surface area contributed by atoms with E-state index in [1.165, 1.54) is 0 Å². The molecule has 0 aliphatic heterocycles. The number of hydrogen-bond donors (Lipinski definition) is 2. The van der Waals surface area contributed by atoms with Gasteiger partial charge in [-0.15, -0.1) is 0 Å². The third-order valence-electron chi connectivity index (χ3n) is 2.77. The highest BCUT2D eigenvalue weighted by molar-refractivity contribution is 7.99. The number of halogens is 2. The molecular weight excluding hydrogens is 324 g/mol. The van der Waals surface area contributed by atoms with E-state index < -0.39 is 5.76 Å². The fourth-order valence-electron chi connectivity index (χ4n) is 1.58. The molecule has 3 nitrogen and oxygen atoms in total. The molecule has 0 saturated carbocycles. The summed E-state index contributed by atoms with van der Waals surface area (Å²) in [6.07, 6.45) is 2.01. The van der Waals surface area contributed by atoms with Gasteiger partial charge in [-0.3, -0.25) is 5.43 Å². The summed E-state index contributed by atoms with van der Waals surface area (Å²) in [5.74, 6) is -1.77. The molecule has 0 aliphatic rings. The van der Waals surface area contributed by atoms with Crippen molar-refractivity contribution in [2.75, 3.05) is 5.32 Å². The molecule has 0 bridgehead atoms. The predicted molar refractivity (Wildman–Crippen MR) is 94.8 cm³/mol. The number of hydrogen-bond acceptors (Lipinski definition) is 3. The topological polar surface area (TPSA) is 36.4 Å². The minimum atomic E-state index is -2.41. The highest BCUT2D eigenvalue weighted by Crippen LogP contribution is 2.26. The van der Waals surface area contributed by atoms with Crippen molar-refractivity contribution in [3.8, 4) is 0 Å². The second-order valence-corrected chi connectivity index (χ2v) is 6.72. The molecular formula is C15H21F2N3S2. The lowest BCUT2D eigenvalue weighted by Crippen LogP contribution is -2.24. The molecule has 0 unspecified atom stereocenters. The minimum Gasteiger partial charge on any atom is -0.331 e. The lowest BCUT2D eigenvalue weighted by molar-refractivity contribution is 0.252. The zero-order valence-electron chi connectivity index (χ0n) is 12.9. The fourth-order valence-corrected chi connectivity index (χ4v) is 2.24. The highest BCUT2D eigenvalue weighted by atomic mass is 32.2. The Labute approximate surface area is 139 Å². The Kier molecular flexibility index (Phi) is 8.34. The molecule has 0 amide bonds. The first-order valence-electron chi connectivity index (χ1n) is 7.02. The van der Waals surface area contributed by atoms with E-state index in [-0.39, 0.29) is 0 Å². The van der Waals surface area contributed by atoms with Crippen molar-refractivity contribution in [1.29, 1.82) is 0 Å². The summed E-state index contributed by atoms with van der Waals surface area (Å²) in [6, 6.07) is 6.65. The van der Waals surface area contributed by atoms with Gasteiger partial charge in [-0.05, 0) is 62.2 Å². The van der Waals surface area contributed by atoms with Gasteiger partial charge in [0, 0.05) is 16.3 Å². The van der Waals surface area contributed by atoms with E-state index in [4.69, 9.17) is 12.2 Å². The Hall–Kier alpha value is -1.21. The number of hydrazone groups is 1. The Morgan fingerprint density at radius 3 is 2.45 bits per heavy atom. The zero-order valence-corrected chi connectivity index (χ0v) is 14.5. The van der Waals surface area contributed by atoms with Gasteiger partial charge >= 0.3 is 0 Å². The number of alkyl halides is 2. The SMILES string of the molecule is C/C(CCC(C)C)=N/NC(=S)Nc1ccc(SC(F)F)cc1. The van der Waals surface area contributed by atoms with Crippen LogP contribution in [-0.4, -0.2) is 16.6 Å². The van der Waals surface area contributed by atoms with E-state index in [1.807, 2.05) is 6.92 Å². The third kappa shape index (κ3) is 8.29. The number of benzene rings is 1. The molecule has 0 radical (unpaired) electrons. The summed E-state index contributed by atoms with van der Waals surface area (Å²) < 4.78 is 24.4. The van der Waals surface area contributed by atoms with Crippen molar-refractivity contribution in [3.63, 3.8) is 0 Å². The van der Waals surface area contributed by atoms with Gasteiger partial charge in [0.1, 0.15) is 0 Å². The number of rotatable bonds is 7. The van der Waals surface area contributed by atoms with Crippen LogP contribution in [0.3, 0.4) is 0 Å². The lowest BCUT2D eigenvalue weighted by Gasteiger charge is -2.09. The van der Waals surface area contributed by atoms with Gasteiger partial charge < -0.3 is 5.32 Å². The third-order valence-corrected chi connectivity index (χ3v) is 3.69. The predicted octanol–water partition coefficient (Wildman–Crippen LogP) is 5.10. The van der Waals surface area contributed by atoms with E-state index in [0.29, 0.717) is 27.7 Å². The van der Waals surface area contributed by atoms with Gasteiger partial charge in [0.2, 0.25) is 0 Å². The summed E-state index contributed by atoms with van der Waals surface area (Å²) in [4.78, 5) is 0.516. The smallest absolute Gasteiger partial charge is 0.288 e. The molecule has 2 N–H and O–H groups in total. The van der Waals surface area contributed by atoms with Crippen LogP contribution in [0.1, 0.15) is 33.6 Å². The lowest BCUT2D eigenvalue weighted by atomic mass is 10.1. The van der Waals surface area contributed by atoms with Crippen LogP contribution in [0.2, 0.25) is 0 Å². The molecule has 7 heteroatoms. The molecule has 0 atom stereocenters. The molecule has 0 saturated heterocycles. The van der Waals surface area contributed by atoms with Crippen LogP contribution in [0.5, 0.6) is 0 Å². The van der Waals surface area contributed by atoms with Crippen LogP contribution < -0.4 is 10.7 Å². The van der Waals surface area contributed by atoms with Crippen LogP contribution >= 0.6 is 24.0 Å². The first-order chi connectivity index (χ1) is 10.4. The van der Waals surface area contributed by atoms with Crippen LogP contribution in [-0.2, 0) is 0 Å². The van der Waals surface area contributed by atoms with Gasteiger partial charge in [0.25, 0.3) is 5.76 Å². The summed E-state index contributed by atoms with van der Waals surface area (Å²) in [6.45, 7) is 6.29. The molecule has 1 rings (SSSR count). The Balaban J connectivity index is 2.43. The maximum Gasteiger partial charge on any atom is 0.288 e. The molecule has 1 aromatic rings. The Bertz CT molecular complexity index is 502. The van der Waals surface area contributed by atoms with E-state index in [9.17, 15) is 8.78 Å². The summed E-state index contributed by atoms with van der Waals surface area (Å²) >= 11 is 5.65. The standard InChI is InChI=1S/C15H21F2N3S2/c1-10(2)4-5-11(3)19-20-15(21)18-12-6-8-13(9-7-12)22-14(16)17/h6-10,14H,4-5H2,1-3H3,(H2,18,20,21)/b19-11-. The van der Waals surface area contributed by atoms with E-state index >= 15 is 0 Å². The largest absolute Gasteiger partial charge is 0.331 e. The van der Waals surface area contributed by atoms with Crippen molar-refractivity contribution in [2.24, 2.45) is 11.0 Å². The number of thioether (sulfide) groups is 1. The molecule has 0 aromatic heterocycles. The molecule has 1 aromatic carbocycles. The van der Waals surface area contributed by atoms with Gasteiger partial charge in [0.05, 0.1) is 0 Å². The fraction of sp³-hybridized carbons (Fsp3) is 0.467. The van der Waals surface area contributed by atoms with Gasteiger partial charge in [-0.1, -0.05) is 25.6 Å². The van der Waals surface area contributed by atoms with Gasteiger partial charge in [-0.2, -0.15) is 13.9 Å². The molecule has 0 spiro atoms. The average Bonchev–Trinajstić information content (AvgIpc) is 2.44. The van der Waals surface area contributed by atoms with Crippen LogP contribution in [0, 0.1) is 5.92 Å². The first-order valence-corrected chi connectivity index (χ1v) is 8.30. The number of nitrogens with one attached hydrogen (secondary N) is 2. The van der Waals surface area contributed by atoms with E-state index in [0.717, 1.165) is 24.2 Å². The van der Waals surface area contributed by atoms with Crippen molar-refractivity contribution in [2.45, 2.75) is 44.3 Å². The van der Waals surface area contributed by atoms with Gasteiger partial charge in [0.15, 0.2) is 5.11 Å². The molecule has 0 fully saturated rings. The Morgan fingerprint density at radius 2 is 1.91 bits per heavy atom. The first kappa shape index (κ1) is 18.8. The van der Waals surface area contributed by atoms with Crippen molar-refractivity contribution < 1.29 is 8.78 Å². The maximum atomic E-state index is 12.2. The van der Waals surface area contributed by atoms with Crippen molar-refractivity contribution in [1.82, 2.24) is 5.43 Å². The van der Waals surface area contributed by atoms with E-state index in [1.54, 1.807) is 24.3 Å². The van der Waals surface area contributed by atoms with Crippen LogP contribution in [0.25, 0.3) is 0 Å². The van der Waals surface area contributed by atoms with E-state index in [2.05, 4.69) is 29.7 Å². The van der Waals surface area contributed by atoms with Crippen molar-refractivity contribution >= 4 is 40.5 Å². The number of anilines is 1.